The maximum atomic E-state index is 6.49. The molecule has 0 aliphatic carbocycles. The fourth-order valence-corrected chi connectivity index (χ4v) is 7.41. The van der Waals surface area contributed by atoms with E-state index in [4.69, 9.17) is 8.83 Å². The van der Waals surface area contributed by atoms with Gasteiger partial charge in [-0.25, -0.2) is 0 Å². The SMILES string of the molecule is c1ccc(-c2cccc(-c3c4ccccc4c(-c4ccc5oc6c(ccc7c8ccccc8oc76)c5c4)c4ccccc34)c2)cc1. The minimum Gasteiger partial charge on any atom is -0.452 e. The zero-order valence-corrected chi connectivity index (χ0v) is 24.8. The van der Waals surface area contributed by atoms with Gasteiger partial charge in [-0.2, -0.15) is 0 Å². The van der Waals surface area contributed by atoms with E-state index in [-0.39, 0.29) is 0 Å². The van der Waals surface area contributed by atoms with Gasteiger partial charge in [-0.15, -0.1) is 0 Å². The maximum absolute atomic E-state index is 6.49. The molecule has 10 rings (SSSR count). The first kappa shape index (κ1) is 25.2. The normalized spacial score (nSPS) is 11.9. The maximum Gasteiger partial charge on any atom is 0.178 e. The van der Waals surface area contributed by atoms with Crippen molar-refractivity contribution in [3.8, 4) is 33.4 Å². The minimum absolute atomic E-state index is 0.796. The molecule has 0 bridgehead atoms. The summed E-state index contributed by atoms with van der Waals surface area (Å²) in [6.45, 7) is 0. The van der Waals surface area contributed by atoms with E-state index in [1.807, 2.05) is 18.2 Å². The summed E-state index contributed by atoms with van der Waals surface area (Å²) < 4.78 is 12.8. The molecule has 0 aliphatic rings. The van der Waals surface area contributed by atoms with E-state index < -0.39 is 0 Å². The van der Waals surface area contributed by atoms with Crippen molar-refractivity contribution in [3.05, 3.63) is 158 Å². The fourth-order valence-electron chi connectivity index (χ4n) is 7.41. The van der Waals surface area contributed by atoms with Crippen LogP contribution in [-0.2, 0) is 0 Å². The number of fused-ring (bicyclic) bond motifs is 9. The Morgan fingerprint density at radius 3 is 1.39 bits per heavy atom. The first-order valence-electron chi connectivity index (χ1n) is 15.7. The summed E-state index contributed by atoms with van der Waals surface area (Å²) in [7, 11) is 0. The molecule has 2 nitrogen and oxygen atoms in total. The standard InChI is InChI=1S/C44H26O2/c1-2-11-27(12-3-1)28-13-10-14-29(25-28)41-32-16-4-6-18-34(32)42(35-19-7-5-17-33(35)41)30-21-24-40-38(26-30)37-23-22-36-31-15-8-9-20-39(31)45-43(36)44(37)46-40/h1-26H. The molecular formula is C44H26O2. The highest BCUT2D eigenvalue weighted by Gasteiger charge is 2.20. The summed E-state index contributed by atoms with van der Waals surface area (Å²) >= 11 is 0. The van der Waals surface area contributed by atoms with E-state index in [1.165, 1.54) is 49.4 Å². The van der Waals surface area contributed by atoms with Gasteiger partial charge >= 0.3 is 0 Å². The van der Waals surface area contributed by atoms with E-state index in [0.29, 0.717) is 0 Å². The van der Waals surface area contributed by atoms with Gasteiger partial charge in [0.1, 0.15) is 11.2 Å². The predicted molar refractivity (Wildman–Crippen MR) is 192 cm³/mol. The zero-order valence-electron chi connectivity index (χ0n) is 24.8. The first-order valence-corrected chi connectivity index (χ1v) is 15.7. The molecule has 2 heteroatoms. The largest absolute Gasteiger partial charge is 0.452 e. The molecule has 0 saturated carbocycles. The summed E-state index contributed by atoms with van der Waals surface area (Å²) in [5.41, 5.74) is 10.6. The molecule has 8 aromatic carbocycles. The lowest BCUT2D eigenvalue weighted by molar-refractivity contribution is 0.633. The zero-order chi connectivity index (χ0) is 30.2. The molecule has 0 aliphatic heterocycles. The van der Waals surface area contributed by atoms with Crippen molar-refractivity contribution in [1.29, 1.82) is 0 Å². The van der Waals surface area contributed by atoms with Crippen molar-refractivity contribution in [3.63, 3.8) is 0 Å². The Bertz CT molecular complexity index is 2740. The van der Waals surface area contributed by atoms with Gasteiger partial charge in [-0.3, -0.25) is 0 Å². The number of hydrogen-bond acceptors (Lipinski definition) is 2. The van der Waals surface area contributed by atoms with E-state index in [0.717, 1.165) is 49.4 Å². The average Bonchev–Trinajstić information content (AvgIpc) is 3.69. The second-order valence-corrected chi connectivity index (χ2v) is 12.0. The van der Waals surface area contributed by atoms with Gasteiger partial charge < -0.3 is 8.83 Å². The molecule has 0 radical (unpaired) electrons. The molecular weight excluding hydrogens is 560 g/mol. The van der Waals surface area contributed by atoms with Crippen LogP contribution in [0.1, 0.15) is 0 Å². The highest BCUT2D eigenvalue weighted by molar-refractivity contribution is 6.23. The second kappa shape index (κ2) is 9.69. The second-order valence-electron chi connectivity index (χ2n) is 12.0. The predicted octanol–water partition coefficient (Wildman–Crippen LogP) is 12.8. The average molecular weight is 587 g/mol. The molecule has 2 heterocycles. The Morgan fingerprint density at radius 1 is 0.261 bits per heavy atom. The van der Waals surface area contributed by atoms with E-state index >= 15 is 0 Å². The van der Waals surface area contributed by atoms with Crippen molar-refractivity contribution in [2.24, 2.45) is 0 Å². The van der Waals surface area contributed by atoms with E-state index in [1.54, 1.807) is 0 Å². The van der Waals surface area contributed by atoms with Crippen LogP contribution in [0.25, 0.3) is 98.8 Å². The van der Waals surface area contributed by atoms with Gasteiger partial charge in [-0.1, -0.05) is 121 Å². The van der Waals surface area contributed by atoms with Crippen molar-refractivity contribution in [2.75, 3.05) is 0 Å². The molecule has 0 N–H and O–H groups in total. The van der Waals surface area contributed by atoms with Crippen LogP contribution in [0, 0.1) is 0 Å². The molecule has 10 aromatic rings. The Balaban J connectivity index is 1.23. The quantitative estimate of drug-likeness (QED) is 0.193. The third kappa shape index (κ3) is 3.65. The molecule has 0 unspecified atom stereocenters. The summed E-state index contributed by atoms with van der Waals surface area (Å²) in [4.78, 5) is 0. The summed E-state index contributed by atoms with van der Waals surface area (Å²) in [5, 5.41) is 9.26. The van der Waals surface area contributed by atoms with Gasteiger partial charge in [-0.05, 0) is 91.3 Å². The van der Waals surface area contributed by atoms with Crippen LogP contribution in [0.15, 0.2) is 167 Å². The number of rotatable bonds is 3. The molecule has 0 atom stereocenters. The Labute approximate surface area is 264 Å². The lowest BCUT2D eigenvalue weighted by Gasteiger charge is -2.18. The Hall–Kier alpha value is -6.12. The van der Waals surface area contributed by atoms with Crippen molar-refractivity contribution >= 4 is 65.4 Å². The third-order valence-electron chi connectivity index (χ3n) is 9.46. The van der Waals surface area contributed by atoms with Crippen molar-refractivity contribution < 1.29 is 8.83 Å². The molecule has 0 amide bonds. The number of hydrogen-bond donors (Lipinski definition) is 0. The first-order chi connectivity index (χ1) is 22.8. The highest BCUT2D eigenvalue weighted by atomic mass is 16.4. The highest BCUT2D eigenvalue weighted by Crippen LogP contribution is 2.46. The van der Waals surface area contributed by atoms with Crippen LogP contribution in [0.4, 0.5) is 0 Å². The van der Waals surface area contributed by atoms with Crippen molar-refractivity contribution in [2.45, 2.75) is 0 Å². The summed E-state index contributed by atoms with van der Waals surface area (Å²) in [5.74, 6) is 0. The van der Waals surface area contributed by atoms with E-state index in [9.17, 15) is 0 Å². The molecule has 0 fully saturated rings. The van der Waals surface area contributed by atoms with Gasteiger partial charge in [0.25, 0.3) is 0 Å². The molecule has 214 valence electrons. The smallest absolute Gasteiger partial charge is 0.178 e. The lowest BCUT2D eigenvalue weighted by Crippen LogP contribution is -1.91. The molecule has 0 saturated heterocycles. The van der Waals surface area contributed by atoms with Gasteiger partial charge in [0, 0.05) is 21.5 Å². The summed E-state index contributed by atoms with van der Waals surface area (Å²) in [6, 6.07) is 56.3. The van der Waals surface area contributed by atoms with Crippen LogP contribution in [0.2, 0.25) is 0 Å². The van der Waals surface area contributed by atoms with Crippen LogP contribution >= 0.6 is 0 Å². The molecule has 0 spiro atoms. The Kier molecular flexibility index (Phi) is 5.31. The van der Waals surface area contributed by atoms with Crippen LogP contribution in [-0.4, -0.2) is 0 Å². The third-order valence-corrected chi connectivity index (χ3v) is 9.46. The van der Waals surface area contributed by atoms with E-state index in [2.05, 4.69) is 140 Å². The van der Waals surface area contributed by atoms with Gasteiger partial charge in [0.15, 0.2) is 11.2 Å². The van der Waals surface area contributed by atoms with Crippen molar-refractivity contribution in [1.82, 2.24) is 0 Å². The topological polar surface area (TPSA) is 26.3 Å². The van der Waals surface area contributed by atoms with Crippen LogP contribution in [0.5, 0.6) is 0 Å². The number of furan rings is 2. The van der Waals surface area contributed by atoms with Crippen LogP contribution < -0.4 is 0 Å². The van der Waals surface area contributed by atoms with Gasteiger partial charge in [0.05, 0.1) is 0 Å². The lowest BCUT2D eigenvalue weighted by atomic mass is 9.85. The van der Waals surface area contributed by atoms with Crippen LogP contribution in [0.3, 0.4) is 0 Å². The molecule has 2 aromatic heterocycles. The fraction of sp³-hybridized carbons (Fsp3) is 0. The monoisotopic (exact) mass is 586 g/mol. The summed E-state index contributed by atoms with van der Waals surface area (Å²) in [6.07, 6.45) is 0. The minimum atomic E-state index is 0.796. The number of para-hydroxylation sites is 1. The van der Waals surface area contributed by atoms with Gasteiger partial charge in [0.2, 0.25) is 0 Å². The molecule has 46 heavy (non-hydrogen) atoms. The Morgan fingerprint density at radius 2 is 0.739 bits per heavy atom. The number of benzene rings is 8.